The smallest absolute Gasteiger partial charge is 0.161 e. The first-order valence-electron chi connectivity index (χ1n) is 7.08. The summed E-state index contributed by atoms with van der Waals surface area (Å²) in [7, 11) is 3.26. The molecule has 0 radical (unpaired) electrons. The predicted octanol–water partition coefficient (Wildman–Crippen LogP) is 3.35. The highest BCUT2D eigenvalue weighted by molar-refractivity contribution is 9.10. The average molecular weight is 360 g/mol. The molecule has 0 heterocycles. The van der Waals surface area contributed by atoms with Crippen molar-refractivity contribution >= 4 is 15.9 Å². The molecular weight excluding hydrogens is 334 g/mol. The molecule has 5 heteroatoms. The van der Waals surface area contributed by atoms with Gasteiger partial charge in [-0.15, -0.1) is 0 Å². The second-order valence-electron chi connectivity index (χ2n) is 6.11. The number of methoxy groups -OCH3 is 2. The van der Waals surface area contributed by atoms with E-state index >= 15 is 0 Å². The Hall–Kier alpha value is -0.780. The number of ether oxygens (including phenoxy) is 2. The number of nitrogens with one attached hydrogen (secondary N) is 1. The Morgan fingerprint density at radius 1 is 1.19 bits per heavy atom. The van der Waals surface area contributed by atoms with Crippen molar-refractivity contribution in [3.63, 3.8) is 0 Å². The van der Waals surface area contributed by atoms with Crippen LogP contribution < -0.4 is 14.8 Å². The molecule has 0 spiro atoms. The van der Waals surface area contributed by atoms with Crippen molar-refractivity contribution in [3.8, 4) is 11.5 Å². The van der Waals surface area contributed by atoms with Crippen molar-refractivity contribution in [2.24, 2.45) is 5.41 Å². The van der Waals surface area contributed by atoms with Gasteiger partial charge in [-0.25, -0.2) is 0 Å². The maximum atomic E-state index is 9.22. The third kappa shape index (κ3) is 5.16. The van der Waals surface area contributed by atoms with Crippen LogP contribution in [0.3, 0.4) is 0 Å². The van der Waals surface area contributed by atoms with Gasteiger partial charge in [-0.05, 0) is 29.5 Å². The molecule has 0 saturated heterocycles. The molecule has 0 aliphatic rings. The summed E-state index contributed by atoms with van der Waals surface area (Å²) in [5, 5.41) is 12.7. The van der Waals surface area contributed by atoms with Crippen LogP contribution in [0.15, 0.2) is 16.6 Å². The quantitative estimate of drug-likeness (QED) is 0.783. The van der Waals surface area contributed by atoms with Crippen molar-refractivity contribution < 1.29 is 14.6 Å². The van der Waals surface area contributed by atoms with Crippen molar-refractivity contribution in [2.75, 3.05) is 20.8 Å². The number of hydrogen-bond donors (Lipinski definition) is 2. The molecule has 0 aromatic heterocycles. The number of halogens is 1. The third-order valence-corrected chi connectivity index (χ3v) is 4.29. The van der Waals surface area contributed by atoms with E-state index in [4.69, 9.17) is 9.47 Å². The molecule has 120 valence electrons. The zero-order chi connectivity index (χ0) is 16.0. The summed E-state index contributed by atoms with van der Waals surface area (Å²) in [4.78, 5) is 0. The molecule has 4 nitrogen and oxygen atoms in total. The van der Waals surface area contributed by atoms with Crippen LogP contribution >= 0.6 is 15.9 Å². The van der Waals surface area contributed by atoms with Gasteiger partial charge in [-0.3, -0.25) is 0 Å². The Morgan fingerprint density at radius 2 is 1.76 bits per heavy atom. The topological polar surface area (TPSA) is 50.7 Å². The molecular formula is C16H26BrNO3. The van der Waals surface area contributed by atoms with Gasteiger partial charge in [0.25, 0.3) is 0 Å². The van der Waals surface area contributed by atoms with Crippen LogP contribution in [-0.2, 0) is 6.54 Å². The molecule has 21 heavy (non-hydrogen) atoms. The lowest BCUT2D eigenvalue weighted by Crippen LogP contribution is -2.40. The van der Waals surface area contributed by atoms with Gasteiger partial charge in [0.2, 0.25) is 0 Å². The molecule has 0 aliphatic heterocycles. The Balaban J connectivity index is 2.87. The van der Waals surface area contributed by atoms with Gasteiger partial charge in [0, 0.05) is 23.7 Å². The molecule has 2 N–H and O–H groups in total. The molecule has 1 aromatic carbocycles. The normalized spacial score (nSPS) is 13.1. The van der Waals surface area contributed by atoms with Crippen LogP contribution in [0.25, 0.3) is 0 Å². The predicted molar refractivity (Wildman–Crippen MR) is 89.0 cm³/mol. The maximum Gasteiger partial charge on any atom is 0.161 e. The molecule has 0 saturated carbocycles. The SMILES string of the molecule is COc1cc(Br)c(CNC(CCO)C(C)(C)C)cc1OC. The average Bonchev–Trinajstić information content (AvgIpc) is 2.42. The van der Waals surface area contributed by atoms with Gasteiger partial charge in [-0.2, -0.15) is 0 Å². The highest BCUT2D eigenvalue weighted by Crippen LogP contribution is 2.33. The van der Waals surface area contributed by atoms with Crippen LogP contribution in [0.1, 0.15) is 32.8 Å². The summed E-state index contributed by atoms with van der Waals surface area (Å²) in [6, 6.07) is 4.12. The lowest BCUT2D eigenvalue weighted by Gasteiger charge is -2.31. The molecule has 1 atom stereocenters. The van der Waals surface area contributed by atoms with Gasteiger partial charge in [0.05, 0.1) is 14.2 Å². The van der Waals surface area contributed by atoms with E-state index in [-0.39, 0.29) is 18.1 Å². The monoisotopic (exact) mass is 359 g/mol. The van der Waals surface area contributed by atoms with Gasteiger partial charge in [0.1, 0.15) is 0 Å². The lowest BCUT2D eigenvalue weighted by molar-refractivity contribution is 0.196. The van der Waals surface area contributed by atoms with E-state index in [1.165, 1.54) is 0 Å². The maximum absolute atomic E-state index is 9.22. The number of hydrogen-bond acceptors (Lipinski definition) is 4. The minimum absolute atomic E-state index is 0.0891. The fourth-order valence-electron chi connectivity index (χ4n) is 2.24. The van der Waals surface area contributed by atoms with E-state index < -0.39 is 0 Å². The van der Waals surface area contributed by atoms with Crippen LogP contribution in [0, 0.1) is 5.41 Å². The molecule has 0 amide bonds. The third-order valence-electron chi connectivity index (χ3n) is 3.55. The van der Waals surface area contributed by atoms with Crippen molar-refractivity contribution in [1.29, 1.82) is 0 Å². The lowest BCUT2D eigenvalue weighted by atomic mass is 9.85. The van der Waals surface area contributed by atoms with Crippen molar-refractivity contribution in [1.82, 2.24) is 5.32 Å². The van der Waals surface area contributed by atoms with Crippen LogP contribution in [0.5, 0.6) is 11.5 Å². The Labute approximate surface area is 136 Å². The standard InChI is InChI=1S/C16H26BrNO3/c1-16(2,3)15(6-7-19)18-10-11-8-13(20-4)14(21-5)9-12(11)17/h8-9,15,18-19H,6-7,10H2,1-5H3. The Morgan fingerprint density at radius 3 is 2.24 bits per heavy atom. The van der Waals surface area contributed by atoms with Crippen LogP contribution in [0.2, 0.25) is 0 Å². The molecule has 0 fully saturated rings. The van der Waals surface area contributed by atoms with E-state index in [0.29, 0.717) is 18.0 Å². The fraction of sp³-hybridized carbons (Fsp3) is 0.625. The summed E-state index contributed by atoms with van der Waals surface area (Å²) in [5.74, 6) is 1.42. The fourth-order valence-corrected chi connectivity index (χ4v) is 2.70. The summed E-state index contributed by atoms with van der Waals surface area (Å²) in [6.45, 7) is 7.39. The second-order valence-corrected chi connectivity index (χ2v) is 6.96. The number of aliphatic hydroxyl groups excluding tert-OH is 1. The number of benzene rings is 1. The van der Waals surface area contributed by atoms with E-state index in [0.717, 1.165) is 16.5 Å². The second kappa shape index (κ2) is 8.01. The zero-order valence-electron chi connectivity index (χ0n) is 13.5. The van der Waals surface area contributed by atoms with Gasteiger partial charge in [-0.1, -0.05) is 36.7 Å². The minimum Gasteiger partial charge on any atom is -0.493 e. The van der Waals surface area contributed by atoms with Crippen LogP contribution in [0.4, 0.5) is 0 Å². The van der Waals surface area contributed by atoms with Crippen molar-refractivity contribution in [3.05, 3.63) is 22.2 Å². The van der Waals surface area contributed by atoms with Crippen LogP contribution in [-0.4, -0.2) is 32.0 Å². The van der Waals surface area contributed by atoms with Gasteiger partial charge >= 0.3 is 0 Å². The summed E-state index contributed by atoms with van der Waals surface area (Å²) >= 11 is 3.57. The minimum atomic E-state index is 0.0891. The summed E-state index contributed by atoms with van der Waals surface area (Å²) in [5.41, 5.74) is 1.19. The van der Waals surface area contributed by atoms with E-state index in [1.807, 2.05) is 12.1 Å². The molecule has 0 bridgehead atoms. The first-order chi connectivity index (χ1) is 9.83. The molecule has 0 aliphatic carbocycles. The van der Waals surface area contributed by atoms with E-state index in [2.05, 4.69) is 42.0 Å². The van der Waals surface area contributed by atoms with Crippen molar-refractivity contribution in [2.45, 2.75) is 39.8 Å². The first-order valence-corrected chi connectivity index (χ1v) is 7.87. The number of rotatable bonds is 7. The van der Waals surface area contributed by atoms with E-state index in [9.17, 15) is 5.11 Å². The Bertz CT molecular complexity index is 458. The molecule has 1 rings (SSSR count). The molecule has 1 aromatic rings. The largest absolute Gasteiger partial charge is 0.493 e. The highest BCUT2D eigenvalue weighted by atomic mass is 79.9. The highest BCUT2D eigenvalue weighted by Gasteiger charge is 2.23. The molecule has 1 unspecified atom stereocenters. The summed E-state index contributed by atoms with van der Waals surface area (Å²) in [6.07, 6.45) is 0.731. The van der Waals surface area contributed by atoms with Gasteiger partial charge in [0.15, 0.2) is 11.5 Å². The zero-order valence-corrected chi connectivity index (χ0v) is 15.1. The first kappa shape index (κ1) is 18.3. The van der Waals surface area contributed by atoms with Gasteiger partial charge < -0.3 is 19.9 Å². The van der Waals surface area contributed by atoms with E-state index in [1.54, 1.807) is 14.2 Å². The summed E-state index contributed by atoms with van der Waals surface area (Å²) < 4.78 is 11.6. The Kier molecular flexibility index (Phi) is 6.97. The number of aliphatic hydroxyl groups is 1.